The van der Waals surface area contributed by atoms with E-state index in [-0.39, 0.29) is 18.1 Å². The Morgan fingerprint density at radius 2 is 2.32 bits per heavy atom. The number of aryl methyl sites for hydroxylation is 1. The van der Waals surface area contributed by atoms with E-state index in [0.717, 1.165) is 11.5 Å². The largest absolute Gasteiger partial charge is 0.318 e. The van der Waals surface area contributed by atoms with Gasteiger partial charge in [0.05, 0.1) is 6.54 Å². The van der Waals surface area contributed by atoms with Crippen LogP contribution in [0.2, 0.25) is 0 Å². The minimum Gasteiger partial charge on any atom is -0.318 e. The second-order valence-electron chi connectivity index (χ2n) is 5.01. The number of hydrogen-bond acceptors (Lipinski definition) is 3. The van der Waals surface area contributed by atoms with Crippen molar-refractivity contribution < 1.29 is 4.79 Å². The molecule has 0 aliphatic carbocycles. The Bertz CT molecular complexity index is 450. The first-order chi connectivity index (χ1) is 9.13. The fourth-order valence-electron chi connectivity index (χ4n) is 2.51. The molecule has 104 valence electrons. The zero-order chi connectivity index (χ0) is 13.8. The van der Waals surface area contributed by atoms with Crippen molar-refractivity contribution in [2.45, 2.75) is 33.0 Å². The molecule has 1 aromatic rings. The van der Waals surface area contributed by atoms with Crippen LogP contribution in [0.3, 0.4) is 0 Å². The minimum absolute atomic E-state index is 0.0276. The molecular weight excluding hydrogens is 256 g/mol. The van der Waals surface area contributed by atoms with E-state index < -0.39 is 0 Å². The Morgan fingerprint density at radius 1 is 1.53 bits per heavy atom. The number of carbonyl (C=O) groups excluding carboxylic acids is 1. The summed E-state index contributed by atoms with van der Waals surface area (Å²) in [6, 6.07) is 8.65. The molecule has 1 aliphatic rings. The van der Waals surface area contributed by atoms with Gasteiger partial charge in [-0.2, -0.15) is 11.8 Å². The van der Waals surface area contributed by atoms with Crippen LogP contribution < -0.4 is 5.32 Å². The summed E-state index contributed by atoms with van der Waals surface area (Å²) >= 11 is 1.88. The van der Waals surface area contributed by atoms with E-state index in [0.29, 0.717) is 6.54 Å². The van der Waals surface area contributed by atoms with Gasteiger partial charge in [0, 0.05) is 11.8 Å². The highest BCUT2D eigenvalue weighted by Crippen LogP contribution is 2.26. The molecule has 0 aromatic heterocycles. The van der Waals surface area contributed by atoms with Gasteiger partial charge in [0.2, 0.25) is 5.91 Å². The van der Waals surface area contributed by atoms with Crippen molar-refractivity contribution in [3.8, 4) is 0 Å². The van der Waals surface area contributed by atoms with E-state index in [2.05, 4.69) is 50.4 Å². The maximum atomic E-state index is 12.1. The topological polar surface area (TPSA) is 32.3 Å². The number of nitrogens with one attached hydrogen (secondary N) is 1. The lowest BCUT2D eigenvalue weighted by Gasteiger charge is -2.30. The Labute approximate surface area is 119 Å². The van der Waals surface area contributed by atoms with Crippen molar-refractivity contribution in [3.63, 3.8) is 0 Å². The van der Waals surface area contributed by atoms with Crippen LogP contribution in [0, 0.1) is 6.92 Å². The first-order valence-corrected chi connectivity index (χ1v) is 7.97. The van der Waals surface area contributed by atoms with Crippen molar-refractivity contribution in [1.82, 2.24) is 10.2 Å². The normalized spacial score (nSPS) is 20.9. The Balaban J connectivity index is 2.17. The number of hydrogen-bond donors (Lipinski definition) is 1. The molecule has 0 saturated carbocycles. The van der Waals surface area contributed by atoms with Crippen molar-refractivity contribution in [3.05, 3.63) is 35.4 Å². The average Bonchev–Trinajstić information content (AvgIpc) is 2.78. The highest BCUT2D eigenvalue weighted by molar-refractivity contribution is 7.99. The fraction of sp³-hybridized carbons (Fsp3) is 0.533. The van der Waals surface area contributed by atoms with Crippen LogP contribution in [0.25, 0.3) is 0 Å². The number of rotatable bonds is 5. The van der Waals surface area contributed by atoms with Gasteiger partial charge >= 0.3 is 0 Å². The first-order valence-electron chi connectivity index (χ1n) is 6.82. The maximum Gasteiger partial charge on any atom is 0.238 e. The summed E-state index contributed by atoms with van der Waals surface area (Å²) in [4.78, 5) is 14.1. The van der Waals surface area contributed by atoms with E-state index in [1.54, 1.807) is 0 Å². The molecule has 1 aliphatic heterocycles. The molecule has 0 bridgehead atoms. The summed E-state index contributed by atoms with van der Waals surface area (Å²) < 4.78 is 0. The lowest BCUT2D eigenvalue weighted by molar-refractivity contribution is -0.129. The number of thioether (sulfide) groups is 1. The summed E-state index contributed by atoms with van der Waals surface area (Å²) in [6.07, 6.45) is 0.0276. The van der Waals surface area contributed by atoms with Crippen molar-refractivity contribution in [2.24, 2.45) is 0 Å². The van der Waals surface area contributed by atoms with E-state index in [4.69, 9.17) is 0 Å². The molecule has 0 spiro atoms. The Hall–Kier alpha value is -1.00. The van der Waals surface area contributed by atoms with Crippen molar-refractivity contribution >= 4 is 17.7 Å². The van der Waals surface area contributed by atoms with Gasteiger partial charge in [0.15, 0.2) is 0 Å². The van der Waals surface area contributed by atoms with Crippen LogP contribution in [-0.4, -0.2) is 34.9 Å². The predicted molar refractivity (Wildman–Crippen MR) is 81.2 cm³/mol. The number of carbonyl (C=O) groups is 1. The highest BCUT2D eigenvalue weighted by atomic mass is 32.2. The van der Waals surface area contributed by atoms with E-state index in [1.165, 1.54) is 11.1 Å². The second kappa shape index (κ2) is 6.44. The van der Waals surface area contributed by atoms with Gasteiger partial charge in [-0.3, -0.25) is 10.1 Å². The molecule has 0 radical (unpaired) electrons. The lowest BCUT2D eigenvalue weighted by Crippen LogP contribution is -2.39. The molecular formula is C15H22N2OS. The molecule has 1 N–H and O–H groups in total. The van der Waals surface area contributed by atoms with Gasteiger partial charge in [-0.05, 0) is 25.2 Å². The maximum absolute atomic E-state index is 12.1. The molecule has 2 unspecified atom stereocenters. The average molecular weight is 278 g/mol. The molecule has 1 fully saturated rings. The van der Waals surface area contributed by atoms with E-state index in [9.17, 15) is 4.79 Å². The van der Waals surface area contributed by atoms with Crippen LogP contribution in [0.15, 0.2) is 24.3 Å². The van der Waals surface area contributed by atoms with Gasteiger partial charge in [-0.15, -0.1) is 0 Å². The molecule has 2 rings (SSSR count). The van der Waals surface area contributed by atoms with Crippen LogP contribution in [0.4, 0.5) is 0 Å². The fourth-order valence-corrected chi connectivity index (χ4v) is 3.24. The number of benzene rings is 1. The molecule has 1 heterocycles. The van der Waals surface area contributed by atoms with Gasteiger partial charge in [0.1, 0.15) is 6.17 Å². The van der Waals surface area contributed by atoms with Gasteiger partial charge in [-0.25, -0.2) is 0 Å². The van der Waals surface area contributed by atoms with E-state index >= 15 is 0 Å². The molecule has 3 nitrogen and oxygen atoms in total. The SMILES string of the molecule is CCSCC(C)N1C(=O)CNC1c1cccc(C)c1. The van der Waals surface area contributed by atoms with Crippen LogP contribution in [-0.2, 0) is 4.79 Å². The molecule has 1 saturated heterocycles. The summed E-state index contributed by atoms with van der Waals surface area (Å²) in [5, 5.41) is 3.32. The Morgan fingerprint density at radius 3 is 3.00 bits per heavy atom. The van der Waals surface area contributed by atoms with Crippen LogP contribution in [0.5, 0.6) is 0 Å². The molecule has 1 aromatic carbocycles. The van der Waals surface area contributed by atoms with Gasteiger partial charge < -0.3 is 4.90 Å². The summed E-state index contributed by atoms with van der Waals surface area (Å²) in [6.45, 7) is 6.82. The third-order valence-electron chi connectivity index (χ3n) is 3.41. The quantitative estimate of drug-likeness (QED) is 0.898. The monoisotopic (exact) mass is 278 g/mol. The second-order valence-corrected chi connectivity index (χ2v) is 6.33. The van der Waals surface area contributed by atoms with Gasteiger partial charge in [0.25, 0.3) is 0 Å². The van der Waals surface area contributed by atoms with Crippen LogP contribution >= 0.6 is 11.8 Å². The third kappa shape index (κ3) is 3.31. The van der Waals surface area contributed by atoms with Crippen LogP contribution in [0.1, 0.15) is 31.1 Å². The zero-order valence-corrected chi connectivity index (χ0v) is 12.7. The number of nitrogens with zero attached hydrogens (tertiary/aromatic N) is 1. The standard InChI is InChI=1S/C15H22N2OS/c1-4-19-10-12(3)17-14(18)9-16-15(17)13-7-5-6-11(2)8-13/h5-8,12,15-16H,4,9-10H2,1-3H3. The van der Waals surface area contributed by atoms with Crippen molar-refractivity contribution in [2.75, 3.05) is 18.1 Å². The van der Waals surface area contributed by atoms with E-state index in [1.807, 2.05) is 16.7 Å². The first kappa shape index (κ1) is 14.4. The molecule has 4 heteroatoms. The number of amides is 1. The summed E-state index contributed by atoms with van der Waals surface area (Å²) in [7, 11) is 0. The summed E-state index contributed by atoms with van der Waals surface area (Å²) in [5.41, 5.74) is 2.41. The smallest absolute Gasteiger partial charge is 0.238 e. The van der Waals surface area contributed by atoms with Gasteiger partial charge in [-0.1, -0.05) is 36.8 Å². The minimum atomic E-state index is 0.0276. The Kier molecular flexibility index (Phi) is 4.88. The highest BCUT2D eigenvalue weighted by Gasteiger charge is 2.34. The molecule has 1 amide bonds. The predicted octanol–water partition coefficient (Wildman–Crippen LogP) is 2.57. The lowest BCUT2D eigenvalue weighted by atomic mass is 10.1. The molecule has 2 atom stereocenters. The summed E-state index contributed by atoms with van der Waals surface area (Å²) in [5.74, 6) is 2.29. The van der Waals surface area contributed by atoms with Crippen molar-refractivity contribution in [1.29, 1.82) is 0 Å². The zero-order valence-electron chi connectivity index (χ0n) is 11.8. The molecule has 19 heavy (non-hydrogen) atoms. The third-order valence-corrected chi connectivity index (χ3v) is 4.54.